The second-order valence-corrected chi connectivity index (χ2v) is 10.4. The Bertz CT molecular complexity index is 1300. The van der Waals surface area contributed by atoms with Crippen LogP contribution in [-0.2, 0) is 17.5 Å². The van der Waals surface area contributed by atoms with E-state index >= 15 is 0 Å². The number of amides is 2. The normalized spacial score (nSPS) is 18.0. The molecule has 1 N–H and O–H groups in total. The topological polar surface area (TPSA) is 49.4 Å². The van der Waals surface area contributed by atoms with Gasteiger partial charge in [0.25, 0.3) is 11.8 Å². The van der Waals surface area contributed by atoms with Crippen molar-refractivity contribution in [2.75, 3.05) is 11.1 Å². The van der Waals surface area contributed by atoms with Gasteiger partial charge in [-0.25, -0.2) is 0 Å². The molecule has 2 amide bonds. The lowest BCUT2D eigenvalue weighted by Crippen LogP contribution is -2.57. The molecule has 36 heavy (non-hydrogen) atoms. The van der Waals surface area contributed by atoms with E-state index in [4.69, 9.17) is 0 Å². The summed E-state index contributed by atoms with van der Waals surface area (Å²) < 4.78 is 39.2. The average Bonchev–Trinajstić information content (AvgIpc) is 2.92. The number of thioether (sulfide) groups is 1. The highest BCUT2D eigenvalue weighted by Gasteiger charge is 2.45. The molecule has 1 aliphatic rings. The van der Waals surface area contributed by atoms with Gasteiger partial charge >= 0.3 is 6.18 Å². The van der Waals surface area contributed by atoms with Gasteiger partial charge in [0.1, 0.15) is 5.54 Å². The summed E-state index contributed by atoms with van der Waals surface area (Å²) in [5, 5.41) is 3.04. The minimum absolute atomic E-state index is 0.0123. The van der Waals surface area contributed by atoms with Crippen LogP contribution in [0.15, 0.2) is 65.6 Å². The van der Waals surface area contributed by atoms with Crippen molar-refractivity contribution in [3.05, 3.63) is 94.0 Å². The molecule has 0 aliphatic carbocycles. The highest BCUT2D eigenvalue weighted by Crippen LogP contribution is 2.37. The summed E-state index contributed by atoms with van der Waals surface area (Å²) in [6, 6.07) is 15.8. The van der Waals surface area contributed by atoms with Crippen molar-refractivity contribution in [3.63, 3.8) is 0 Å². The zero-order valence-corrected chi connectivity index (χ0v) is 21.3. The van der Waals surface area contributed by atoms with Gasteiger partial charge in [-0.05, 0) is 68.7 Å². The van der Waals surface area contributed by atoms with Crippen molar-refractivity contribution < 1.29 is 22.8 Å². The molecule has 0 saturated carbocycles. The SMILES string of the molecule is Cc1cc(C)c(NC(=O)[C@@]2(C)CSc3ccccc3C(=O)N2Cc2ccc(C(F)(F)F)cc2)c(C)c1. The largest absolute Gasteiger partial charge is 0.416 e. The van der Waals surface area contributed by atoms with Crippen molar-refractivity contribution in [3.8, 4) is 0 Å². The van der Waals surface area contributed by atoms with Gasteiger partial charge < -0.3 is 10.2 Å². The van der Waals surface area contributed by atoms with Crippen LogP contribution in [0.4, 0.5) is 18.9 Å². The number of benzene rings is 3. The molecule has 1 aliphatic heterocycles. The molecule has 188 valence electrons. The van der Waals surface area contributed by atoms with E-state index in [2.05, 4.69) is 5.32 Å². The Kier molecular flexibility index (Phi) is 6.92. The third kappa shape index (κ3) is 5.00. The molecule has 0 bridgehead atoms. The molecule has 0 fully saturated rings. The summed E-state index contributed by atoms with van der Waals surface area (Å²) in [6.45, 7) is 7.52. The number of aryl methyl sites for hydroxylation is 3. The third-order valence-electron chi connectivity index (χ3n) is 6.49. The number of rotatable bonds is 4. The van der Waals surface area contributed by atoms with Crippen LogP contribution in [-0.4, -0.2) is 28.0 Å². The molecule has 3 aromatic rings. The van der Waals surface area contributed by atoms with Gasteiger partial charge in [0, 0.05) is 22.9 Å². The molecule has 1 heterocycles. The number of nitrogens with zero attached hydrogens (tertiary/aromatic N) is 1. The van der Waals surface area contributed by atoms with Gasteiger partial charge in [0.2, 0.25) is 0 Å². The summed E-state index contributed by atoms with van der Waals surface area (Å²) in [7, 11) is 0. The average molecular weight is 513 g/mol. The van der Waals surface area contributed by atoms with Gasteiger partial charge in [-0.3, -0.25) is 9.59 Å². The standard InChI is InChI=1S/C28H27F3N2O2S/c1-17-13-18(2)24(19(3)14-17)32-26(35)27(4)16-36-23-8-6-5-7-22(23)25(34)33(27)15-20-9-11-21(12-10-20)28(29,30)31/h5-14H,15-16H2,1-4H3,(H,32,35)/t27-/m1/s1. The number of anilines is 1. The Morgan fingerprint density at radius 2 is 1.64 bits per heavy atom. The first-order chi connectivity index (χ1) is 16.9. The summed E-state index contributed by atoms with van der Waals surface area (Å²) in [4.78, 5) is 29.9. The van der Waals surface area contributed by atoms with E-state index in [9.17, 15) is 22.8 Å². The number of hydrogen-bond acceptors (Lipinski definition) is 3. The number of nitrogens with one attached hydrogen (secondary N) is 1. The first-order valence-electron chi connectivity index (χ1n) is 11.5. The number of fused-ring (bicyclic) bond motifs is 1. The first kappa shape index (κ1) is 25.8. The zero-order valence-electron chi connectivity index (χ0n) is 20.5. The fourth-order valence-electron chi connectivity index (χ4n) is 4.48. The Hall–Kier alpha value is -3.26. The number of carbonyl (C=O) groups is 2. The fraction of sp³-hybridized carbons (Fsp3) is 0.286. The van der Waals surface area contributed by atoms with Crippen LogP contribution < -0.4 is 5.32 Å². The van der Waals surface area contributed by atoms with Crippen LogP contribution in [0.2, 0.25) is 0 Å². The van der Waals surface area contributed by atoms with E-state index in [0.717, 1.165) is 33.7 Å². The molecule has 1 atom stereocenters. The quantitative estimate of drug-likeness (QED) is 0.419. The van der Waals surface area contributed by atoms with Crippen LogP contribution in [0.25, 0.3) is 0 Å². The zero-order chi connectivity index (χ0) is 26.3. The molecule has 4 nitrogen and oxygen atoms in total. The van der Waals surface area contributed by atoms with Gasteiger partial charge in [0.15, 0.2) is 0 Å². The molecule has 3 aromatic carbocycles. The predicted octanol–water partition coefficient (Wildman–Crippen LogP) is 6.78. The van der Waals surface area contributed by atoms with Crippen LogP contribution in [0.1, 0.15) is 45.1 Å². The van der Waals surface area contributed by atoms with E-state index in [1.807, 2.05) is 45.0 Å². The Balaban J connectivity index is 1.73. The summed E-state index contributed by atoms with van der Waals surface area (Å²) in [5.74, 6) is -0.407. The molecule has 8 heteroatoms. The smallest absolute Gasteiger partial charge is 0.324 e. The van der Waals surface area contributed by atoms with Crippen LogP contribution in [0.3, 0.4) is 0 Å². The predicted molar refractivity (Wildman–Crippen MR) is 136 cm³/mol. The summed E-state index contributed by atoms with van der Waals surface area (Å²) in [6.07, 6.45) is -4.45. The maximum absolute atomic E-state index is 13.8. The lowest BCUT2D eigenvalue weighted by Gasteiger charge is -2.39. The lowest BCUT2D eigenvalue weighted by atomic mass is 9.97. The minimum Gasteiger partial charge on any atom is -0.324 e. The number of carbonyl (C=O) groups excluding carboxylic acids is 2. The van der Waals surface area contributed by atoms with Crippen molar-refractivity contribution >= 4 is 29.3 Å². The van der Waals surface area contributed by atoms with Crippen LogP contribution in [0, 0.1) is 20.8 Å². The Morgan fingerprint density at radius 3 is 2.25 bits per heavy atom. The minimum atomic E-state index is -4.45. The van der Waals surface area contributed by atoms with E-state index in [-0.39, 0.29) is 24.1 Å². The van der Waals surface area contributed by atoms with Crippen molar-refractivity contribution in [2.24, 2.45) is 0 Å². The Morgan fingerprint density at radius 1 is 1.03 bits per heavy atom. The maximum atomic E-state index is 13.8. The molecular formula is C28H27F3N2O2S. The molecule has 4 rings (SSSR count). The van der Waals surface area contributed by atoms with Crippen molar-refractivity contribution in [1.29, 1.82) is 0 Å². The first-order valence-corrected chi connectivity index (χ1v) is 12.5. The van der Waals surface area contributed by atoms with Gasteiger partial charge in [-0.1, -0.05) is 42.0 Å². The summed E-state index contributed by atoms with van der Waals surface area (Å²) in [5.41, 5.74) is 2.53. The Labute approximate surface area is 212 Å². The van der Waals surface area contributed by atoms with Gasteiger partial charge in [-0.2, -0.15) is 13.2 Å². The number of hydrogen-bond donors (Lipinski definition) is 1. The summed E-state index contributed by atoms with van der Waals surface area (Å²) >= 11 is 1.42. The second-order valence-electron chi connectivity index (χ2n) is 9.37. The van der Waals surface area contributed by atoms with Crippen molar-refractivity contribution in [1.82, 2.24) is 4.90 Å². The third-order valence-corrected chi connectivity index (χ3v) is 7.87. The number of halogens is 3. The van der Waals surface area contributed by atoms with E-state index in [0.29, 0.717) is 16.8 Å². The second kappa shape index (κ2) is 9.65. The van der Waals surface area contributed by atoms with E-state index in [1.54, 1.807) is 19.1 Å². The fourth-order valence-corrected chi connectivity index (χ4v) is 5.69. The van der Waals surface area contributed by atoms with Crippen LogP contribution in [0.5, 0.6) is 0 Å². The van der Waals surface area contributed by atoms with Crippen molar-refractivity contribution in [2.45, 2.75) is 50.9 Å². The molecule has 0 unspecified atom stereocenters. The molecular weight excluding hydrogens is 485 g/mol. The van der Waals surface area contributed by atoms with E-state index in [1.165, 1.54) is 28.8 Å². The highest BCUT2D eigenvalue weighted by molar-refractivity contribution is 7.99. The monoisotopic (exact) mass is 512 g/mol. The van der Waals surface area contributed by atoms with Gasteiger partial charge in [0.05, 0.1) is 11.1 Å². The molecule has 0 spiro atoms. The molecule has 0 saturated heterocycles. The van der Waals surface area contributed by atoms with E-state index < -0.39 is 17.3 Å². The lowest BCUT2D eigenvalue weighted by molar-refractivity contribution is -0.137. The van der Waals surface area contributed by atoms with Crippen LogP contribution >= 0.6 is 11.8 Å². The molecule has 0 radical (unpaired) electrons. The highest BCUT2D eigenvalue weighted by atomic mass is 32.2. The van der Waals surface area contributed by atoms with Gasteiger partial charge in [-0.15, -0.1) is 11.8 Å². The molecule has 0 aromatic heterocycles. The maximum Gasteiger partial charge on any atom is 0.416 e. The number of alkyl halides is 3.